The van der Waals surface area contributed by atoms with E-state index in [1.54, 1.807) is 6.92 Å². The molecule has 0 unspecified atom stereocenters. The summed E-state index contributed by atoms with van der Waals surface area (Å²) in [7, 11) is 0. The number of alkyl halides is 3. The molecule has 3 aromatic carbocycles. The number of hydrogen-bond acceptors (Lipinski definition) is 5. The van der Waals surface area contributed by atoms with Gasteiger partial charge in [0, 0.05) is 35.1 Å². The topological polar surface area (TPSA) is 90.5 Å². The van der Waals surface area contributed by atoms with Crippen molar-refractivity contribution in [1.82, 2.24) is 19.7 Å². The van der Waals surface area contributed by atoms with Crippen LogP contribution in [0.2, 0.25) is 0 Å². The van der Waals surface area contributed by atoms with Crippen LogP contribution in [0.4, 0.5) is 13.2 Å². The molecule has 0 bridgehead atoms. The molecular weight excluding hydrogens is 621 g/mol. The van der Waals surface area contributed by atoms with Gasteiger partial charge in [0.1, 0.15) is 18.0 Å². The molecule has 8 nitrogen and oxygen atoms in total. The number of nitrogens with one attached hydrogen (secondary N) is 1. The summed E-state index contributed by atoms with van der Waals surface area (Å²) in [4.78, 5) is 12.8. The van der Waals surface area contributed by atoms with Crippen molar-refractivity contribution >= 4 is 27.6 Å². The molecule has 3 heterocycles. The fourth-order valence-corrected chi connectivity index (χ4v) is 6.48. The first-order valence-corrected chi connectivity index (χ1v) is 16.5. The number of carboxylic acid groups (broad SMARTS) is 1. The van der Waals surface area contributed by atoms with Crippen molar-refractivity contribution in [3.63, 3.8) is 0 Å². The van der Waals surface area contributed by atoms with Gasteiger partial charge in [-0.25, -0.2) is 4.79 Å². The van der Waals surface area contributed by atoms with Crippen molar-refractivity contribution in [2.45, 2.75) is 72.3 Å². The molecular formula is C37H43F3N4O4. The number of aromatic nitrogens is 3. The molecule has 5 aromatic rings. The number of nitrogens with zero attached hydrogens (tertiary/aromatic N) is 3. The molecule has 2 N–H and O–H groups in total. The highest BCUT2D eigenvalue weighted by molar-refractivity contribution is 6.04. The molecule has 6 rings (SSSR count). The number of fused-ring (bicyclic) bond motifs is 3. The van der Waals surface area contributed by atoms with E-state index in [2.05, 4.69) is 24.3 Å². The fourth-order valence-electron chi connectivity index (χ4n) is 6.48. The molecule has 0 saturated carbocycles. The van der Waals surface area contributed by atoms with Gasteiger partial charge in [-0.2, -0.15) is 18.3 Å². The van der Waals surface area contributed by atoms with Gasteiger partial charge in [-0.3, -0.25) is 4.68 Å². The van der Waals surface area contributed by atoms with E-state index in [0.717, 1.165) is 39.7 Å². The summed E-state index contributed by atoms with van der Waals surface area (Å²) in [6, 6.07) is 19.4. The summed E-state index contributed by atoms with van der Waals surface area (Å²) in [5.41, 5.74) is 3.57. The number of benzene rings is 3. The lowest BCUT2D eigenvalue weighted by molar-refractivity contribution is -0.143. The Kier molecular flexibility index (Phi) is 11.4. The summed E-state index contributed by atoms with van der Waals surface area (Å²) in [5, 5.41) is 20.7. The van der Waals surface area contributed by atoms with Crippen LogP contribution in [0.5, 0.6) is 5.75 Å². The second-order valence-corrected chi connectivity index (χ2v) is 11.8. The van der Waals surface area contributed by atoms with Crippen LogP contribution in [0.3, 0.4) is 0 Å². The molecule has 0 amide bonds. The van der Waals surface area contributed by atoms with E-state index in [0.29, 0.717) is 79.0 Å². The van der Waals surface area contributed by atoms with E-state index < -0.39 is 18.7 Å². The van der Waals surface area contributed by atoms with E-state index in [4.69, 9.17) is 9.47 Å². The van der Waals surface area contributed by atoms with Crippen LogP contribution in [0.15, 0.2) is 60.7 Å². The van der Waals surface area contributed by atoms with Gasteiger partial charge in [-0.05, 0) is 62.7 Å². The van der Waals surface area contributed by atoms with Crippen molar-refractivity contribution in [3.05, 3.63) is 83.3 Å². The summed E-state index contributed by atoms with van der Waals surface area (Å²) in [6.45, 7) is 8.00. The highest BCUT2D eigenvalue weighted by Gasteiger charge is 2.32. The van der Waals surface area contributed by atoms with Gasteiger partial charge in [-0.15, -0.1) is 0 Å². The van der Waals surface area contributed by atoms with Crippen molar-refractivity contribution in [1.29, 1.82) is 0 Å². The second kappa shape index (κ2) is 15.7. The zero-order chi connectivity index (χ0) is 34.3. The molecule has 0 saturated heterocycles. The van der Waals surface area contributed by atoms with E-state index in [9.17, 15) is 23.1 Å². The number of para-hydroxylation sites is 1. The Bertz CT molecular complexity index is 1850. The van der Waals surface area contributed by atoms with Crippen molar-refractivity contribution in [3.8, 4) is 16.9 Å². The quantitative estimate of drug-likeness (QED) is 0.155. The Labute approximate surface area is 278 Å². The normalized spacial score (nSPS) is 13.5. The Morgan fingerprint density at radius 2 is 1.75 bits per heavy atom. The lowest BCUT2D eigenvalue weighted by atomic mass is 9.98. The van der Waals surface area contributed by atoms with Gasteiger partial charge in [0.15, 0.2) is 0 Å². The zero-order valence-corrected chi connectivity index (χ0v) is 27.7. The summed E-state index contributed by atoms with van der Waals surface area (Å²) >= 11 is 0. The maximum absolute atomic E-state index is 13.5. The third-order valence-corrected chi connectivity index (χ3v) is 8.46. The fraction of sp³-hybridized carbons (Fsp3) is 0.405. The Hall–Kier alpha value is -4.35. The number of carbonyl (C=O) groups is 1. The maximum Gasteiger partial charge on any atom is 0.408 e. The Morgan fingerprint density at radius 1 is 1.02 bits per heavy atom. The van der Waals surface area contributed by atoms with Crippen LogP contribution in [0.25, 0.3) is 32.8 Å². The first-order chi connectivity index (χ1) is 23.1. The van der Waals surface area contributed by atoms with E-state index in [-0.39, 0.29) is 12.3 Å². The first kappa shape index (κ1) is 35.0. The van der Waals surface area contributed by atoms with Gasteiger partial charge in [0.05, 0.1) is 30.1 Å². The van der Waals surface area contributed by atoms with Gasteiger partial charge >= 0.3 is 12.1 Å². The molecule has 0 radical (unpaired) electrons. The van der Waals surface area contributed by atoms with Crippen molar-refractivity contribution < 1.29 is 32.5 Å². The highest BCUT2D eigenvalue weighted by Crippen LogP contribution is 2.39. The number of aryl methyl sites for hydroxylation is 3. The standard InChI is InChI=1S/C33H32F3N3O4.C4H11N/c1-21-29-26-13-7-12-24-25(14-8-18-43-28-15-6-10-22-9-2-3-11-23(22)28)31(32(40)41)38(30(24)26)16-4-5-17-42-19-27(29)39(37-21)20-33(34,35)36;1-3-5-4-2/h2-3,6-7,9-13,15H,4-5,8,14,16-20H2,1H3,(H,40,41);5H,3-4H2,1-2H3. The number of rotatable bonds is 9. The number of halogens is 3. The second-order valence-electron chi connectivity index (χ2n) is 11.8. The largest absolute Gasteiger partial charge is 0.493 e. The van der Waals surface area contributed by atoms with Crippen LogP contribution in [-0.2, 0) is 30.9 Å². The van der Waals surface area contributed by atoms with Gasteiger partial charge in [0.25, 0.3) is 0 Å². The molecule has 0 aliphatic carbocycles. The summed E-state index contributed by atoms with van der Waals surface area (Å²) in [5.74, 6) is -0.264. The minimum Gasteiger partial charge on any atom is -0.493 e. The van der Waals surface area contributed by atoms with Crippen molar-refractivity contribution in [2.75, 3.05) is 26.3 Å². The lowest BCUT2D eigenvalue weighted by Crippen LogP contribution is -2.21. The van der Waals surface area contributed by atoms with Crippen LogP contribution in [0, 0.1) is 6.92 Å². The molecule has 11 heteroatoms. The predicted molar refractivity (Wildman–Crippen MR) is 182 cm³/mol. The predicted octanol–water partition coefficient (Wildman–Crippen LogP) is 8.16. The number of hydrogen-bond donors (Lipinski definition) is 2. The SMILES string of the molecule is CCNCC.Cc1nn(CC(F)(F)F)c2c1-c1cccc3c(CCCOc4cccc5ccccc45)c(C(=O)O)n(c13)CCCCOC2. The third kappa shape index (κ3) is 7.85. The number of aromatic carboxylic acids is 1. The van der Waals surface area contributed by atoms with E-state index in [1.807, 2.05) is 65.2 Å². The third-order valence-electron chi connectivity index (χ3n) is 8.46. The molecule has 0 atom stereocenters. The number of ether oxygens (including phenoxy) is 2. The summed E-state index contributed by atoms with van der Waals surface area (Å²) in [6.07, 6.45) is -2.12. The molecule has 2 aromatic heterocycles. The van der Waals surface area contributed by atoms with E-state index >= 15 is 0 Å². The Morgan fingerprint density at radius 3 is 2.48 bits per heavy atom. The minimum atomic E-state index is -4.46. The average molecular weight is 665 g/mol. The first-order valence-electron chi connectivity index (χ1n) is 16.5. The highest BCUT2D eigenvalue weighted by atomic mass is 19.4. The van der Waals surface area contributed by atoms with Gasteiger partial charge in [0.2, 0.25) is 0 Å². The average Bonchev–Trinajstić information content (AvgIpc) is 3.52. The Balaban J connectivity index is 0.000000840. The molecule has 1 aliphatic rings. The van der Waals surface area contributed by atoms with Crippen molar-refractivity contribution in [2.24, 2.45) is 0 Å². The number of carboxylic acids is 1. The minimum absolute atomic E-state index is 0.0203. The molecule has 48 heavy (non-hydrogen) atoms. The van der Waals surface area contributed by atoms with Crippen LogP contribution < -0.4 is 10.1 Å². The molecule has 0 fully saturated rings. The van der Waals surface area contributed by atoms with Crippen LogP contribution >= 0.6 is 0 Å². The lowest BCUT2D eigenvalue weighted by Gasteiger charge is -2.13. The zero-order valence-electron chi connectivity index (χ0n) is 27.7. The van der Waals surface area contributed by atoms with Crippen LogP contribution in [-0.4, -0.2) is 57.9 Å². The molecule has 256 valence electrons. The smallest absolute Gasteiger partial charge is 0.408 e. The van der Waals surface area contributed by atoms with Crippen LogP contribution in [0.1, 0.15) is 60.5 Å². The molecule has 0 spiro atoms. The van der Waals surface area contributed by atoms with Gasteiger partial charge < -0.3 is 24.5 Å². The summed E-state index contributed by atoms with van der Waals surface area (Å²) < 4.78 is 55.2. The molecule has 1 aliphatic heterocycles. The van der Waals surface area contributed by atoms with Gasteiger partial charge in [-0.1, -0.05) is 68.4 Å². The maximum atomic E-state index is 13.5. The monoisotopic (exact) mass is 664 g/mol. The van der Waals surface area contributed by atoms with E-state index in [1.165, 1.54) is 0 Å².